The number of alkyl halides is 3. The van der Waals surface area contributed by atoms with E-state index in [1.54, 1.807) is 0 Å². The molecule has 0 fully saturated rings. The molecule has 1 aromatic rings. The third-order valence-electron chi connectivity index (χ3n) is 1.88. The van der Waals surface area contributed by atoms with E-state index in [4.69, 9.17) is 11.6 Å². The first-order valence-electron chi connectivity index (χ1n) is 4.31. The van der Waals surface area contributed by atoms with Gasteiger partial charge in [-0.2, -0.15) is 13.2 Å². The second-order valence-electron chi connectivity index (χ2n) is 3.43. The highest BCUT2D eigenvalue weighted by atomic mass is 35.5. The van der Waals surface area contributed by atoms with Crippen LogP contribution >= 0.6 is 11.6 Å². The molecule has 1 aromatic carbocycles. The summed E-state index contributed by atoms with van der Waals surface area (Å²) in [6, 6.07) is 2.78. The second kappa shape index (κ2) is 4.33. The van der Waals surface area contributed by atoms with Gasteiger partial charge in [-0.3, -0.25) is 4.79 Å². The Hall–Kier alpha value is -1.23. The van der Waals surface area contributed by atoms with Crippen molar-refractivity contribution in [1.29, 1.82) is 0 Å². The summed E-state index contributed by atoms with van der Waals surface area (Å²) in [5.41, 5.74) is -1.00. The lowest BCUT2D eigenvalue weighted by Crippen LogP contribution is -2.22. The van der Waals surface area contributed by atoms with Crippen molar-refractivity contribution in [3.05, 3.63) is 34.3 Å². The molecule has 0 saturated carbocycles. The lowest BCUT2D eigenvalue weighted by molar-refractivity contribution is -0.137. The highest BCUT2D eigenvalue weighted by Crippen LogP contribution is 2.32. The van der Waals surface area contributed by atoms with Gasteiger partial charge in [-0.25, -0.2) is 0 Å². The predicted molar refractivity (Wildman–Crippen MR) is 54.5 cm³/mol. The maximum atomic E-state index is 12.4. The molecule has 0 heterocycles. The van der Waals surface area contributed by atoms with Gasteiger partial charge in [0.15, 0.2) is 0 Å². The summed E-state index contributed by atoms with van der Waals surface area (Å²) in [6.45, 7) is 0. The Labute approximate surface area is 95.6 Å². The van der Waals surface area contributed by atoms with Crippen molar-refractivity contribution >= 4 is 17.5 Å². The maximum absolute atomic E-state index is 12.4. The van der Waals surface area contributed by atoms with Gasteiger partial charge in [0.05, 0.1) is 5.56 Å². The fourth-order valence-corrected chi connectivity index (χ4v) is 1.37. The van der Waals surface area contributed by atoms with Crippen molar-refractivity contribution < 1.29 is 18.0 Å². The largest absolute Gasteiger partial charge is 0.416 e. The molecule has 0 aromatic heterocycles. The Balaban J connectivity index is 3.24. The Bertz CT molecular complexity index is 415. The van der Waals surface area contributed by atoms with Gasteiger partial charge in [0.25, 0.3) is 5.91 Å². The summed E-state index contributed by atoms with van der Waals surface area (Å²) in [6.07, 6.45) is -4.51. The minimum atomic E-state index is -4.51. The summed E-state index contributed by atoms with van der Waals surface area (Å²) in [4.78, 5) is 12.7. The van der Waals surface area contributed by atoms with Crippen LogP contribution in [0.15, 0.2) is 18.2 Å². The minimum Gasteiger partial charge on any atom is -0.345 e. The molecule has 16 heavy (non-hydrogen) atoms. The first-order valence-corrected chi connectivity index (χ1v) is 4.69. The highest BCUT2D eigenvalue weighted by molar-refractivity contribution is 6.31. The van der Waals surface area contributed by atoms with Crippen LogP contribution in [0.5, 0.6) is 0 Å². The molecule has 0 N–H and O–H groups in total. The molecule has 0 saturated heterocycles. The normalized spacial score (nSPS) is 11.4. The summed E-state index contributed by atoms with van der Waals surface area (Å²) in [7, 11) is 2.91. The Kier molecular flexibility index (Phi) is 3.48. The van der Waals surface area contributed by atoms with Crippen molar-refractivity contribution in [3.63, 3.8) is 0 Å². The molecule has 0 atom stereocenters. The summed E-state index contributed by atoms with van der Waals surface area (Å²) >= 11 is 5.53. The predicted octanol–water partition coefficient (Wildman–Crippen LogP) is 3.06. The third kappa shape index (κ3) is 2.88. The lowest BCUT2D eigenvalue weighted by Gasteiger charge is -2.13. The quantitative estimate of drug-likeness (QED) is 0.751. The number of nitrogens with zero attached hydrogens (tertiary/aromatic N) is 1. The molecule has 0 spiro atoms. The number of carbonyl (C=O) groups is 1. The van der Waals surface area contributed by atoms with Crippen LogP contribution in [0.3, 0.4) is 0 Å². The molecule has 0 aliphatic carbocycles. The van der Waals surface area contributed by atoms with E-state index in [-0.39, 0.29) is 10.6 Å². The smallest absolute Gasteiger partial charge is 0.345 e. The number of halogens is 4. The van der Waals surface area contributed by atoms with E-state index in [1.807, 2.05) is 0 Å². The molecule has 0 aliphatic rings. The summed E-state index contributed by atoms with van der Waals surface area (Å²) < 4.78 is 37.3. The zero-order chi connectivity index (χ0) is 12.5. The fourth-order valence-electron chi connectivity index (χ4n) is 1.13. The van der Waals surface area contributed by atoms with E-state index in [0.717, 1.165) is 12.1 Å². The van der Waals surface area contributed by atoms with E-state index < -0.39 is 17.6 Å². The van der Waals surface area contributed by atoms with Gasteiger partial charge in [0.1, 0.15) is 0 Å². The van der Waals surface area contributed by atoms with Gasteiger partial charge in [0.2, 0.25) is 0 Å². The highest BCUT2D eigenvalue weighted by Gasteiger charge is 2.31. The third-order valence-corrected chi connectivity index (χ3v) is 2.10. The second-order valence-corrected chi connectivity index (χ2v) is 3.86. The van der Waals surface area contributed by atoms with Crippen LogP contribution in [0.4, 0.5) is 13.2 Å². The van der Waals surface area contributed by atoms with Crippen LogP contribution < -0.4 is 0 Å². The number of amides is 1. The van der Waals surface area contributed by atoms with Crippen molar-refractivity contribution in [2.75, 3.05) is 14.1 Å². The molecule has 0 aliphatic heterocycles. The Morgan fingerprint density at radius 3 is 2.25 bits per heavy atom. The fraction of sp³-hybridized carbons (Fsp3) is 0.300. The molecule has 2 nitrogen and oxygen atoms in total. The van der Waals surface area contributed by atoms with Gasteiger partial charge in [0, 0.05) is 24.7 Å². The lowest BCUT2D eigenvalue weighted by atomic mass is 10.1. The Morgan fingerprint density at radius 1 is 1.25 bits per heavy atom. The van der Waals surface area contributed by atoms with Gasteiger partial charge < -0.3 is 4.90 Å². The number of hydrogen-bond donors (Lipinski definition) is 0. The average Bonchev–Trinajstić information content (AvgIpc) is 2.14. The number of rotatable bonds is 1. The number of benzene rings is 1. The molecule has 1 rings (SSSR count). The topological polar surface area (TPSA) is 20.3 Å². The molecule has 6 heteroatoms. The van der Waals surface area contributed by atoms with E-state index in [1.165, 1.54) is 25.1 Å². The van der Waals surface area contributed by atoms with Crippen molar-refractivity contribution in [2.24, 2.45) is 0 Å². The van der Waals surface area contributed by atoms with E-state index in [0.29, 0.717) is 0 Å². The van der Waals surface area contributed by atoms with E-state index in [9.17, 15) is 18.0 Å². The van der Waals surface area contributed by atoms with Crippen molar-refractivity contribution in [2.45, 2.75) is 6.18 Å². The molecule has 0 radical (unpaired) electrons. The van der Waals surface area contributed by atoms with E-state index >= 15 is 0 Å². The van der Waals surface area contributed by atoms with Crippen molar-refractivity contribution in [3.8, 4) is 0 Å². The molecular weight excluding hydrogens is 243 g/mol. The summed E-state index contributed by atoms with van der Waals surface area (Å²) in [5, 5.41) is -0.111. The first kappa shape index (κ1) is 12.8. The monoisotopic (exact) mass is 251 g/mol. The van der Waals surface area contributed by atoms with Crippen LogP contribution in [0.25, 0.3) is 0 Å². The zero-order valence-corrected chi connectivity index (χ0v) is 9.36. The van der Waals surface area contributed by atoms with Crippen molar-refractivity contribution in [1.82, 2.24) is 4.90 Å². The van der Waals surface area contributed by atoms with Gasteiger partial charge in [-0.1, -0.05) is 11.6 Å². The van der Waals surface area contributed by atoms with Crippen LogP contribution in [0.1, 0.15) is 15.9 Å². The average molecular weight is 252 g/mol. The van der Waals surface area contributed by atoms with Crippen LogP contribution in [0, 0.1) is 0 Å². The summed E-state index contributed by atoms with van der Waals surface area (Å²) in [5.74, 6) is -0.520. The molecule has 1 amide bonds. The zero-order valence-electron chi connectivity index (χ0n) is 8.60. The number of carbonyl (C=O) groups excluding carboxylic acids is 1. The molecule has 0 bridgehead atoms. The van der Waals surface area contributed by atoms with E-state index in [2.05, 4.69) is 0 Å². The molecule has 88 valence electrons. The van der Waals surface area contributed by atoms with Crippen LogP contribution in [0.2, 0.25) is 5.02 Å². The SMILES string of the molecule is CN(C)C(=O)c1cc(Cl)cc(C(F)(F)F)c1. The van der Waals surface area contributed by atoms with Gasteiger partial charge in [-0.05, 0) is 18.2 Å². The minimum absolute atomic E-state index is 0.0789. The first-order chi connectivity index (χ1) is 7.21. The Morgan fingerprint density at radius 2 is 1.81 bits per heavy atom. The molecule has 0 unspecified atom stereocenters. The van der Waals surface area contributed by atoms with Crippen LogP contribution in [-0.2, 0) is 6.18 Å². The maximum Gasteiger partial charge on any atom is 0.416 e. The standard InChI is InChI=1S/C10H9ClF3NO/c1-15(2)9(16)6-3-7(10(12,13)14)5-8(11)4-6/h3-5H,1-2H3. The van der Waals surface area contributed by atoms with Gasteiger partial charge in [-0.15, -0.1) is 0 Å². The van der Waals surface area contributed by atoms with Gasteiger partial charge >= 0.3 is 6.18 Å². The molecular formula is C10H9ClF3NO. The van der Waals surface area contributed by atoms with Crippen LogP contribution in [-0.4, -0.2) is 24.9 Å². The number of hydrogen-bond acceptors (Lipinski definition) is 1.